The van der Waals surface area contributed by atoms with Gasteiger partial charge < -0.3 is 0 Å². The summed E-state index contributed by atoms with van der Waals surface area (Å²) >= 11 is 0. The molecule has 2 aromatic carbocycles. The molecule has 164 valence electrons. The lowest BCUT2D eigenvalue weighted by atomic mass is 9.98. The molecular weight excluding hydrogens is 402 g/mol. The highest BCUT2D eigenvalue weighted by atomic mass is 16.2. The maximum Gasteiger partial charge on any atom is 0.346 e. The minimum absolute atomic E-state index is 0.0651. The van der Waals surface area contributed by atoms with E-state index < -0.39 is 0 Å². The molecule has 4 aromatic rings. The topological polar surface area (TPSA) is 94.3 Å². The molecule has 2 heterocycles. The number of nitrogens with zero attached hydrogens (tertiary/aromatic N) is 6. The van der Waals surface area contributed by atoms with Gasteiger partial charge >= 0.3 is 5.69 Å². The van der Waals surface area contributed by atoms with Crippen LogP contribution in [0.15, 0.2) is 65.5 Å². The highest BCUT2D eigenvalue weighted by Gasteiger charge is 2.15. The second-order valence-corrected chi connectivity index (χ2v) is 8.11. The fourth-order valence-corrected chi connectivity index (χ4v) is 3.66. The standard InChI is InChI=1S/C24H27N7O/c1-4-5-10-22-27-31(15-17(2)3)24(32)30(22)16-18-11-13-19(14-12-18)20-8-6-7-9-21(20)23-25-28-29-26-23/h4-9,11-14,17H,10,15-16H2,1-3H3,(H,25,26,28,29). The second-order valence-electron chi connectivity index (χ2n) is 8.11. The number of H-pyrrole nitrogens is 1. The van der Waals surface area contributed by atoms with Crippen molar-refractivity contribution in [3.8, 4) is 22.5 Å². The van der Waals surface area contributed by atoms with Crippen molar-refractivity contribution in [2.75, 3.05) is 0 Å². The zero-order valence-corrected chi connectivity index (χ0v) is 18.6. The van der Waals surface area contributed by atoms with Crippen LogP contribution in [-0.2, 0) is 19.5 Å². The van der Waals surface area contributed by atoms with Crippen molar-refractivity contribution in [1.29, 1.82) is 0 Å². The van der Waals surface area contributed by atoms with Gasteiger partial charge in [0.25, 0.3) is 0 Å². The lowest BCUT2D eigenvalue weighted by Gasteiger charge is -2.09. The zero-order chi connectivity index (χ0) is 22.5. The van der Waals surface area contributed by atoms with Gasteiger partial charge in [-0.25, -0.2) is 9.48 Å². The summed E-state index contributed by atoms with van der Waals surface area (Å²) in [7, 11) is 0. The maximum atomic E-state index is 13.0. The van der Waals surface area contributed by atoms with Gasteiger partial charge in [-0.05, 0) is 34.7 Å². The number of allylic oxidation sites excluding steroid dienone is 2. The molecule has 0 amide bonds. The molecule has 0 saturated carbocycles. The fraction of sp³-hybridized carbons (Fsp3) is 0.292. The lowest BCUT2D eigenvalue weighted by molar-refractivity contribution is 0.465. The van der Waals surface area contributed by atoms with Gasteiger partial charge in [0.2, 0.25) is 5.82 Å². The van der Waals surface area contributed by atoms with E-state index >= 15 is 0 Å². The first-order chi connectivity index (χ1) is 15.6. The Balaban J connectivity index is 1.63. The number of rotatable bonds is 8. The summed E-state index contributed by atoms with van der Waals surface area (Å²) < 4.78 is 3.35. The molecule has 0 spiro atoms. The molecule has 0 fully saturated rings. The number of nitrogens with one attached hydrogen (secondary N) is 1. The van der Waals surface area contributed by atoms with Gasteiger partial charge in [0.1, 0.15) is 5.82 Å². The molecule has 0 unspecified atom stereocenters. The normalized spacial score (nSPS) is 11.6. The summed E-state index contributed by atoms with van der Waals surface area (Å²) in [5.41, 5.74) is 3.96. The molecule has 0 saturated heterocycles. The number of aromatic amines is 1. The summed E-state index contributed by atoms with van der Waals surface area (Å²) in [6.07, 6.45) is 4.63. The first-order valence-electron chi connectivity index (χ1n) is 10.8. The molecule has 1 N–H and O–H groups in total. The summed E-state index contributed by atoms with van der Waals surface area (Å²) in [4.78, 5) is 13.0. The van der Waals surface area contributed by atoms with Crippen LogP contribution >= 0.6 is 0 Å². The molecular formula is C24H27N7O. The van der Waals surface area contributed by atoms with Gasteiger partial charge in [-0.15, -0.1) is 10.2 Å². The quantitative estimate of drug-likeness (QED) is 0.431. The van der Waals surface area contributed by atoms with Gasteiger partial charge in [-0.3, -0.25) is 4.57 Å². The Hall–Kier alpha value is -3.81. The molecule has 8 nitrogen and oxygen atoms in total. The van der Waals surface area contributed by atoms with E-state index in [0.29, 0.717) is 31.3 Å². The van der Waals surface area contributed by atoms with Crippen molar-refractivity contribution >= 4 is 0 Å². The van der Waals surface area contributed by atoms with E-state index in [-0.39, 0.29) is 5.69 Å². The number of hydrogen-bond donors (Lipinski definition) is 1. The van der Waals surface area contributed by atoms with Crippen LogP contribution in [0.2, 0.25) is 0 Å². The van der Waals surface area contributed by atoms with Crippen LogP contribution in [0.1, 0.15) is 32.2 Å². The van der Waals surface area contributed by atoms with Gasteiger partial charge in [-0.2, -0.15) is 10.3 Å². The molecule has 0 aliphatic rings. The SMILES string of the molecule is CC=CCc1nn(CC(C)C)c(=O)n1Cc1ccc(-c2ccccc2-c2nn[nH]n2)cc1. The molecule has 4 rings (SSSR count). The van der Waals surface area contributed by atoms with Gasteiger partial charge in [0.05, 0.1) is 6.54 Å². The molecule has 0 bridgehead atoms. The molecule has 0 atom stereocenters. The largest absolute Gasteiger partial charge is 0.346 e. The average molecular weight is 430 g/mol. The zero-order valence-electron chi connectivity index (χ0n) is 18.6. The number of aromatic nitrogens is 7. The number of hydrogen-bond acceptors (Lipinski definition) is 5. The minimum Gasteiger partial charge on any atom is -0.274 e. The summed E-state index contributed by atoms with van der Waals surface area (Å²) in [6.45, 7) is 7.24. The van der Waals surface area contributed by atoms with Crippen molar-refractivity contribution in [3.05, 3.63) is 82.6 Å². The molecule has 32 heavy (non-hydrogen) atoms. The van der Waals surface area contributed by atoms with Crippen LogP contribution < -0.4 is 5.69 Å². The first-order valence-corrected chi connectivity index (χ1v) is 10.8. The highest BCUT2D eigenvalue weighted by molar-refractivity contribution is 5.80. The van der Waals surface area contributed by atoms with Crippen molar-refractivity contribution in [2.24, 2.45) is 5.92 Å². The van der Waals surface area contributed by atoms with Crippen LogP contribution in [0.5, 0.6) is 0 Å². The Labute approximate surface area is 186 Å². The third-order valence-electron chi connectivity index (χ3n) is 5.19. The van der Waals surface area contributed by atoms with E-state index in [1.807, 2.05) is 55.5 Å². The van der Waals surface area contributed by atoms with Crippen molar-refractivity contribution in [2.45, 2.75) is 40.3 Å². The molecule has 2 aromatic heterocycles. The third-order valence-corrected chi connectivity index (χ3v) is 5.19. The van der Waals surface area contributed by atoms with Crippen LogP contribution in [-0.4, -0.2) is 35.0 Å². The third kappa shape index (κ3) is 4.59. The van der Waals surface area contributed by atoms with E-state index in [4.69, 9.17) is 0 Å². The predicted molar refractivity (Wildman–Crippen MR) is 124 cm³/mol. The predicted octanol–water partition coefficient (Wildman–Crippen LogP) is 3.71. The molecule has 8 heteroatoms. The van der Waals surface area contributed by atoms with E-state index in [1.54, 1.807) is 9.25 Å². The van der Waals surface area contributed by atoms with Gasteiger partial charge in [0, 0.05) is 18.5 Å². The minimum atomic E-state index is -0.0651. The van der Waals surface area contributed by atoms with E-state index in [1.165, 1.54) is 0 Å². The Morgan fingerprint density at radius 3 is 2.47 bits per heavy atom. The molecule has 0 radical (unpaired) electrons. The smallest absolute Gasteiger partial charge is 0.274 e. The van der Waals surface area contributed by atoms with Gasteiger partial charge in [0.15, 0.2) is 0 Å². The van der Waals surface area contributed by atoms with Crippen LogP contribution in [0.3, 0.4) is 0 Å². The Kier molecular flexibility index (Phi) is 6.39. The fourth-order valence-electron chi connectivity index (χ4n) is 3.66. The van der Waals surface area contributed by atoms with Crippen LogP contribution in [0, 0.1) is 5.92 Å². The Morgan fingerprint density at radius 1 is 1.06 bits per heavy atom. The second kappa shape index (κ2) is 9.55. The Morgan fingerprint density at radius 2 is 1.81 bits per heavy atom. The van der Waals surface area contributed by atoms with Gasteiger partial charge in [-0.1, -0.05) is 74.5 Å². The summed E-state index contributed by atoms with van der Waals surface area (Å²) in [5, 5.41) is 19.0. The van der Waals surface area contributed by atoms with E-state index in [0.717, 1.165) is 28.1 Å². The number of benzene rings is 2. The van der Waals surface area contributed by atoms with E-state index in [2.05, 4.69) is 51.7 Å². The molecule has 0 aliphatic carbocycles. The summed E-state index contributed by atoms with van der Waals surface area (Å²) in [5.74, 6) is 1.69. The molecule has 0 aliphatic heterocycles. The lowest BCUT2D eigenvalue weighted by Crippen LogP contribution is -2.27. The van der Waals surface area contributed by atoms with Crippen molar-refractivity contribution < 1.29 is 0 Å². The maximum absolute atomic E-state index is 13.0. The summed E-state index contributed by atoms with van der Waals surface area (Å²) in [6, 6.07) is 16.2. The van der Waals surface area contributed by atoms with Crippen LogP contribution in [0.4, 0.5) is 0 Å². The van der Waals surface area contributed by atoms with Crippen molar-refractivity contribution in [3.63, 3.8) is 0 Å². The highest BCUT2D eigenvalue weighted by Crippen LogP contribution is 2.29. The monoisotopic (exact) mass is 429 g/mol. The van der Waals surface area contributed by atoms with Crippen LogP contribution in [0.25, 0.3) is 22.5 Å². The average Bonchev–Trinajstić information content (AvgIpc) is 3.43. The number of tetrazole rings is 1. The van der Waals surface area contributed by atoms with E-state index in [9.17, 15) is 4.79 Å². The van der Waals surface area contributed by atoms with Crippen molar-refractivity contribution in [1.82, 2.24) is 35.0 Å². The Bertz CT molecular complexity index is 1250. The first kappa shape index (κ1) is 21.4.